The van der Waals surface area contributed by atoms with Gasteiger partial charge in [0, 0.05) is 5.39 Å². The summed E-state index contributed by atoms with van der Waals surface area (Å²) in [5.41, 5.74) is 1.31. The van der Waals surface area contributed by atoms with E-state index in [2.05, 4.69) is 25.8 Å². The first kappa shape index (κ1) is 13.2. The Morgan fingerprint density at radius 1 is 1.17 bits per heavy atom. The Labute approximate surface area is 110 Å². The topological polar surface area (TPSA) is 12.9 Å². The molecule has 0 saturated carbocycles. The second-order valence-electron chi connectivity index (χ2n) is 5.31. The molecule has 0 aliphatic rings. The lowest BCUT2D eigenvalue weighted by Crippen LogP contribution is -2.10. The van der Waals surface area contributed by atoms with Gasteiger partial charge in [-0.1, -0.05) is 38.4 Å². The number of hydrogen-bond acceptors (Lipinski definition) is 1. The highest BCUT2D eigenvalue weighted by Crippen LogP contribution is 2.31. The van der Waals surface area contributed by atoms with Crippen LogP contribution in [0.5, 0.6) is 0 Å². The Bertz CT molecular complexity index is 588. The van der Waals surface area contributed by atoms with Gasteiger partial charge >= 0.3 is 0 Å². The molecule has 1 nitrogen and oxygen atoms in total. The molecule has 1 heterocycles. The summed E-state index contributed by atoms with van der Waals surface area (Å²) < 4.78 is 25.2. The number of fused-ring (bicyclic) bond motifs is 1. The minimum atomic E-state index is -2.60. The van der Waals surface area contributed by atoms with Crippen LogP contribution in [-0.4, -0.2) is 4.98 Å². The molecule has 0 unspecified atom stereocenters. The van der Waals surface area contributed by atoms with Gasteiger partial charge < -0.3 is 0 Å². The van der Waals surface area contributed by atoms with Crippen LogP contribution in [0.15, 0.2) is 24.3 Å². The van der Waals surface area contributed by atoms with Crippen molar-refractivity contribution in [2.24, 2.45) is 0 Å². The molecule has 0 radical (unpaired) electrons. The zero-order chi connectivity index (χ0) is 13.5. The molecule has 1 aromatic heterocycles. The fourth-order valence-corrected chi connectivity index (χ4v) is 2.05. The molecular formula is C14H14ClF2N. The molecule has 0 aliphatic carbocycles. The highest BCUT2D eigenvalue weighted by molar-refractivity contribution is 6.35. The number of rotatable bonds is 1. The molecule has 0 bridgehead atoms. The molecule has 96 valence electrons. The van der Waals surface area contributed by atoms with E-state index in [1.807, 2.05) is 12.1 Å². The highest BCUT2D eigenvalue weighted by atomic mass is 35.5. The second kappa shape index (κ2) is 4.47. The van der Waals surface area contributed by atoms with Crippen molar-refractivity contribution in [1.29, 1.82) is 0 Å². The van der Waals surface area contributed by atoms with Crippen molar-refractivity contribution in [1.82, 2.24) is 4.98 Å². The van der Waals surface area contributed by atoms with Crippen molar-refractivity contribution in [2.75, 3.05) is 0 Å². The summed E-state index contributed by atoms with van der Waals surface area (Å²) in [5, 5.41) is 1.04. The van der Waals surface area contributed by atoms with Crippen LogP contribution in [0.4, 0.5) is 8.78 Å². The lowest BCUT2D eigenvalue weighted by molar-refractivity contribution is 0.146. The average molecular weight is 270 g/mol. The van der Waals surface area contributed by atoms with Crippen molar-refractivity contribution in [3.05, 3.63) is 40.5 Å². The molecule has 0 spiro atoms. The van der Waals surface area contributed by atoms with Crippen LogP contribution in [0.2, 0.25) is 5.02 Å². The first-order valence-electron chi connectivity index (χ1n) is 5.68. The summed E-state index contributed by atoms with van der Waals surface area (Å²) in [5.74, 6) is 0. The fraction of sp³-hybridized carbons (Fsp3) is 0.357. The van der Waals surface area contributed by atoms with Gasteiger partial charge in [-0.05, 0) is 29.2 Å². The third-order valence-corrected chi connectivity index (χ3v) is 3.18. The maximum atomic E-state index is 12.6. The van der Waals surface area contributed by atoms with Crippen LogP contribution in [0.3, 0.4) is 0 Å². The number of benzene rings is 1. The number of pyridine rings is 1. The van der Waals surface area contributed by atoms with Gasteiger partial charge in [-0.25, -0.2) is 13.8 Å². The van der Waals surface area contributed by atoms with E-state index in [4.69, 9.17) is 11.6 Å². The summed E-state index contributed by atoms with van der Waals surface area (Å²) in [6.07, 6.45) is -2.60. The molecule has 1 aromatic carbocycles. The van der Waals surface area contributed by atoms with Crippen molar-refractivity contribution in [3.63, 3.8) is 0 Å². The smallest absolute Gasteiger partial charge is 0.247 e. The fourth-order valence-electron chi connectivity index (χ4n) is 1.78. The monoisotopic (exact) mass is 269 g/mol. The summed E-state index contributed by atoms with van der Waals surface area (Å²) in [6, 6.07) is 6.80. The van der Waals surface area contributed by atoms with Crippen LogP contribution >= 0.6 is 11.6 Å². The standard InChI is InChI=1S/C14H14ClF2N/c1-14(2,3)8-4-5-11-9(6-8)10(15)7-12(18-11)13(16)17/h4-7,13H,1-3H3. The van der Waals surface area contributed by atoms with Gasteiger partial charge in [-0.2, -0.15) is 0 Å². The number of aromatic nitrogens is 1. The predicted molar refractivity (Wildman–Crippen MR) is 70.4 cm³/mol. The Kier molecular flexibility index (Phi) is 3.28. The van der Waals surface area contributed by atoms with E-state index in [1.54, 1.807) is 6.07 Å². The Balaban J connectivity index is 2.66. The lowest BCUT2D eigenvalue weighted by Gasteiger charge is -2.19. The number of halogens is 3. The largest absolute Gasteiger partial charge is 0.280 e. The first-order chi connectivity index (χ1) is 8.29. The van der Waals surface area contributed by atoms with Crippen molar-refractivity contribution in [2.45, 2.75) is 32.6 Å². The van der Waals surface area contributed by atoms with Crippen molar-refractivity contribution < 1.29 is 8.78 Å². The van der Waals surface area contributed by atoms with Crippen LogP contribution in [0.25, 0.3) is 10.9 Å². The molecule has 18 heavy (non-hydrogen) atoms. The molecule has 0 fully saturated rings. The number of nitrogens with zero attached hydrogens (tertiary/aromatic N) is 1. The van der Waals surface area contributed by atoms with Gasteiger partial charge in [0.05, 0.1) is 10.5 Å². The van der Waals surface area contributed by atoms with Gasteiger partial charge in [-0.15, -0.1) is 0 Å². The molecule has 4 heteroatoms. The highest BCUT2D eigenvalue weighted by Gasteiger charge is 2.17. The summed E-state index contributed by atoms with van der Waals surface area (Å²) >= 11 is 6.05. The molecule has 0 atom stereocenters. The van der Waals surface area contributed by atoms with Crippen molar-refractivity contribution >= 4 is 22.5 Å². The van der Waals surface area contributed by atoms with Crippen LogP contribution < -0.4 is 0 Å². The second-order valence-corrected chi connectivity index (χ2v) is 5.72. The van der Waals surface area contributed by atoms with E-state index in [9.17, 15) is 8.78 Å². The molecule has 0 saturated heterocycles. The molecular weight excluding hydrogens is 256 g/mol. The third-order valence-electron chi connectivity index (χ3n) is 2.87. The van der Waals surface area contributed by atoms with E-state index in [0.29, 0.717) is 15.9 Å². The molecule has 0 amide bonds. The van der Waals surface area contributed by atoms with Gasteiger partial charge in [0.25, 0.3) is 6.43 Å². The molecule has 2 aromatic rings. The zero-order valence-electron chi connectivity index (χ0n) is 10.5. The lowest BCUT2D eigenvalue weighted by atomic mass is 9.86. The molecule has 0 N–H and O–H groups in total. The minimum Gasteiger partial charge on any atom is -0.247 e. The van der Waals surface area contributed by atoms with Crippen LogP contribution in [0.1, 0.15) is 38.5 Å². The third kappa shape index (κ3) is 2.46. The summed E-state index contributed by atoms with van der Waals surface area (Å²) in [7, 11) is 0. The van der Waals surface area contributed by atoms with Gasteiger partial charge in [0.2, 0.25) is 0 Å². The average Bonchev–Trinajstić information content (AvgIpc) is 2.27. The van der Waals surface area contributed by atoms with Crippen LogP contribution in [-0.2, 0) is 5.41 Å². The molecule has 0 aliphatic heterocycles. The van der Waals surface area contributed by atoms with E-state index in [-0.39, 0.29) is 11.1 Å². The maximum Gasteiger partial charge on any atom is 0.280 e. The van der Waals surface area contributed by atoms with E-state index >= 15 is 0 Å². The van der Waals surface area contributed by atoms with Gasteiger partial charge in [-0.3, -0.25) is 0 Å². The minimum absolute atomic E-state index is 0.0150. The summed E-state index contributed by atoms with van der Waals surface area (Å²) in [4.78, 5) is 3.92. The summed E-state index contributed by atoms with van der Waals surface area (Å²) in [6.45, 7) is 6.26. The number of alkyl halides is 2. The van der Waals surface area contributed by atoms with E-state index < -0.39 is 6.43 Å². The van der Waals surface area contributed by atoms with Crippen molar-refractivity contribution in [3.8, 4) is 0 Å². The maximum absolute atomic E-state index is 12.6. The van der Waals surface area contributed by atoms with Crippen LogP contribution in [0, 0.1) is 0 Å². The quantitative estimate of drug-likeness (QED) is 0.700. The normalized spacial score (nSPS) is 12.4. The molecule has 2 rings (SSSR count). The number of hydrogen-bond donors (Lipinski definition) is 0. The predicted octanol–water partition coefficient (Wildman–Crippen LogP) is 5.12. The van der Waals surface area contributed by atoms with E-state index in [1.165, 1.54) is 6.07 Å². The Hall–Kier alpha value is -1.22. The SMILES string of the molecule is CC(C)(C)c1ccc2nc(C(F)F)cc(Cl)c2c1. The van der Waals surface area contributed by atoms with Gasteiger partial charge in [0.15, 0.2) is 0 Å². The van der Waals surface area contributed by atoms with E-state index in [0.717, 1.165) is 5.56 Å². The Morgan fingerprint density at radius 3 is 2.39 bits per heavy atom. The van der Waals surface area contributed by atoms with Gasteiger partial charge in [0.1, 0.15) is 5.69 Å². The zero-order valence-corrected chi connectivity index (χ0v) is 11.2. The first-order valence-corrected chi connectivity index (χ1v) is 6.05. The Morgan fingerprint density at radius 2 is 1.83 bits per heavy atom.